The van der Waals surface area contributed by atoms with Crippen LogP contribution in [0.4, 0.5) is 5.82 Å². The van der Waals surface area contributed by atoms with Crippen molar-refractivity contribution in [1.29, 1.82) is 0 Å². The summed E-state index contributed by atoms with van der Waals surface area (Å²) in [5, 5.41) is 4.59. The number of amides is 2. The molecule has 0 radical (unpaired) electrons. The van der Waals surface area contributed by atoms with E-state index in [1.54, 1.807) is 6.07 Å². The smallest absolute Gasteiger partial charge is 0.249 e. The van der Waals surface area contributed by atoms with Crippen molar-refractivity contribution in [2.75, 3.05) is 5.73 Å². The number of anilines is 1. The van der Waals surface area contributed by atoms with Crippen LogP contribution in [-0.4, -0.2) is 21.4 Å². The van der Waals surface area contributed by atoms with Crippen LogP contribution in [0.5, 0.6) is 0 Å². The van der Waals surface area contributed by atoms with Crippen molar-refractivity contribution < 1.29 is 9.59 Å². The minimum absolute atomic E-state index is 0.221. The second-order valence-corrected chi connectivity index (χ2v) is 7.38. The number of rotatable bonds is 4. The van der Waals surface area contributed by atoms with Crippen molar-refractivity contribution in [2.24, 2.45) is 0 Å². The number of aromatic nitrogens is 2. The van der Waals surface area contributed by atoms with E-state index in [0.29, 0.717) is 30.2 Å². The van der Waals surface area contributed by atoms with E-state index in [2.05, 4.69) is 30.2 Å². The molecule has 2 aromatic heterocycles. The molecular formula is C21H24N4O2. The second-order valence-electron chi connectivity index (χ2n) is 7.38. The van der Waals surface area contributed by atoms with Crippen LogP contribution in [0.15, 0.2) is 30.3 Å². The van der Waals surface area contributed by atoms with Gasteiger partial charge >= 0.3 is 0 Å². The molecule has 3 aromatic rings. The number of nitrogens with two attached hydrogens (primary N) is 1. The van der Waals surface area contributed by atoms with Gasteiger partial charge in [-0.1, -0.05) is 32.4 Å². The lowest BCUT2D eigenvalue weighted by atomic mass is 9.92. The second kappa shape index (κ2) is 6.68. The molecule has 3 N–H and O–H groups in total. The summed E-state index contributed by atoms with van der Waals surface area (Å²) >= 11 is 0. The molecule has 4 rings (SSSR count). The standard InChI is InChI=1S/C21H24N4O2/c1-3-5-12(2)13-6-4-7-15-19(13)14-8-10-17(22)23-20(14)25(15)16-9-11-18(26)24-21(16)27/h4,6-8,10,12,16H,3,5,9,11H2,1-2H3,(H2,22,23)(H,24,26,27). The van der Waals surface area contributed by atoms with E-state index in [1.807, 2.05) is 22.8 Å². The number of nitrogen functional groups attached to an aromatic ring is 1. The SMILES string of the molecule is CCCC(C)c1cccc2c1c1ccc(N)nc1n2C1CCC(=O)NC1=O. The van der Waals surface area contributed by atoms with E-state index in [0.717, 1.165) is 29.1 Å². The maximum Gasteiger partial charge on any atom is 0.249 e. The summed E-state index contributed by atoms with van der Waals surface area (Å²) in [6, 6.07) is 9.55. The highest BCUT2D eigenvalue weighted by molar-refractivity contribution is 6.10. The Labute approximate surface area is 157 Å². The Balaban J connectivity index is 2.02. The highest BCUT2D eigenvalue weighted by atomic mass is 16.2. The predicted octanol–water partition coefficient (Wildman–Crippen LogP) is 3.65. The van der Waals surface area contributed by atoms with Crippen LogP contribution in [0.3, 0.4) is 0 Å². The normalized spacial score (nSPS) is 18.8. The maximum atomic E-state index is 12.6. The lowest BCUT2D eigenvalue weighted by Crippen LogP contribution is -2.41. The van der Waals surface area contributed by atoms with Gasteiger partial charge in [0.05, 0.1) is 5.52 Å². The number of carbonyl (C=O) groups excluding carboxylic acids is 2. The van der Waals surface area contributed by atoms with Crippen LogP contribution in [-0.2, 0) is 9.59 Å². The van der Waals surface area contributed by atoms with E-state index < -0.39 is 6.04 Å². The van der Waals surface area contributed by atoms with E-state index in [4.69, 9.17) is 5.73 Å². The number of hydrogen-bond donors (Lipinski definition) is 2. The number of hydrogen-bond acceptors (Lipinski definition) is 4. The number of fused-ring (bicyclic) bond motifs is 3. The van der Waals surface area contributed by atoms with Gasteiger partial charge in [-0.3, -0.25) is 14.9 Å². The molecule has 0 aliphatic carbocycles. The van der Waals surface area contributed by atoms with Gasteiger partial charge in [-0.05, 0) is 42.5 Å². The summed E-state index contributed by atoms with van der Waals surface area (Å²) in [6.45, 7) is 4.42. The molecule has 1 saturated heterocycles. The highest BCUT2D eigenvalue weighted by Gasteiger charge is 2.31. The van der Waals surface area contributed by atoms with Gasteiger partial charge in [0.1, 0.15) is 17.5 Å². The van der Waals surface area contributed by atoms with Gasteiger partial charge in [0.25, 0.3) is 0 Å². The third kappa shape index (κ3) is 2.85. The topological polar surface area (TPSA) is 90.0 Å². The maximum absolute atomic E-state index is 12.6. The fraction of sp³-hybridized carbons (Fsp3) is 0.381. The minimum Gasteiger partial charge on any atom is -0.384 e. The quantitative estimate of drug-likeness (QED) is 0.692. The molecule has 2 atom stereocenters. The highest BCUT2D eigenvalue weighted by Crippen LogP contribution is 2.38. The predicted molar refractivity (Wildman–Crippen MR) is 106 cm³/mol. The van der Waals surface area contributed by atoms with Crippen molar-refractivity contribution >= 4 is 39.6 Å². The van der Waals surface area contributed by atoms with Crippen LogP contribution in [0.1, 0.15) is 57.1 Å². The van der Waals surface area contributed by atoms with Gasteiger partial charge in [0.15, 0.2) is 0 Å². The third-order valence-electron chi connectivity index (χ3n) is 5.50. The van der Waals surface area contributed by atoms with Crippen LogP contribution >= 0.6 is 0 Å². The van der Waals surface area contributed by atoms with Crippen molar-refractivity contribution in [2.45, 2.75) is 51.5 Å². The molecule has 2 amide bonds. The largest absolute Gasteiger partial charge is 0.384 e. The first-order chi connectivity index (χ1) is 13.0. The molecule has 1 aliphatic heterocycles. The molecule has 6 heteroatoms. The summed E-state index contributed by atoms with van der Waals surface area (Å²) in [7, 11) is 0. The van der Waals surface area contributed by atoms with Crippen molar-refractivity contribution in [1.82, 2.24) is 14.9 Å². The van der Waals surface area contributed by atoms with Gasteiger partial charge in [-0.15, -0.1) is 0 Å². The Morgan fingerprint density at radius 3 is 2.85 bits per heavy atom. The summed E-state index contributed by atoms with van der Waals surface area (Å²) in [4.78, 5) is 28.8. The molecule has 1 fully saturated rings. The third-order valence-corrected chi connectivity index (χ3v) is 5.50. The molecule has 3 heterocycles. The van der Waals surface area contributed by atoms with Gasteiger partial charge in [-0.2, -0.15) is 0 Å². The number of carbonyl (C=O) groups is 2. The molecule has 0 bridgehead atoms. The first-order valence-corrected chi connectivity index (χ1v) is 9.54. The Morgan fingerprint density at radius 1 is 1.30 bits per heavy atom. The van der Waals surface area contributed by atoms with Crippen molar-refractivity contribution in [3.05, 3.63) is 35.9 Å². The Morgan fingerprint density at radius 2 is 2.11 bits per heavy atom. The number of nitrogens with zero attached hydrogens (tertiary/aromatic N) is 2. The fourth-order valence-corrected chi connectivity index (χ4v) is 4.25. The van der Waals surface area contributed by atoms with Crippen LogP contribution in [0, 0.1) is 0 Å². The monoisotopic (exact) mass is 364 g/mol. The minimum atomic E-state index is -0.464. The Hall–Kier alpha value is -2.89. The van der Waals surface area contributed by atoms with Gasteiger partial charge in [0.2, 0.25) is 11.8 Å². The molecule has 2 unspecified atom stereocenters. The molecule has 140 valence electrons. The summed E-state index contributed by atoms with van der Waals surface area (Å²) < 4.78 is 1.96. The summed E-state index contributed by atoms with van der Waals surface area (Å²) in [5.41, 5.74) is 8.90. The van der Waals surface area contributed by atoms with Gasteiger partial charge in [0, 0.05) is 17.2 Å². The van der Waals surface area contributed by atoms with Crippen LogP contribution in [0.2, 0.25) is 0 Å². The fourth-order valence-electron chi connectivity index (χ4n) is 4.25. The number of benzene rings is 1. The number of nitrogens with one attached hydrogen (secondary N) is 1. The van der Waals surface area contributed by atoms with E-state index in [-0.39, 0.29) is 11.8 Å². The summed E-state index contributed by atoms with van der Waals surface area (Å²) in [6.07, 6.45) is 2.99. The molecule has 1 aliphatic rings. The van der Waals surface area contributed by atoms with E-state index in [1.165, 1.54) is 5.56 Å². The Bertz CT molecular complexity index is 1050. The first kappa shape index (κ1) is 17.5. The lowest BCUT2D eigenvalue weighted by molar-refractivity contribution is -0.135. The van der Waals surface area contributed by atoms with Crippen LogP contribution in [0.25, 0.3) is 21.9 Å². The zero-order chi connectivity index (χ0) is 19.1. The van der Waals surface area contributed by atoms with Crippen molar-refractivity contribution in [3.8, 4) is 0 Å². The average molecular weight is 364 g/mol. The molecular weight excluding hydrogens is 340 g/mol. The number of piperidine rings is 1. The van der Waals surface area contributed by atoms with Gasteiger partial charge in [-0.25, -0.2) is 4.98 Å². The molecule has 1 aromatic carbocycles. The summed E-state index contributed by atoms with van der Waals surface area (Å²) in [5.74, 6) is 0.321. The first-order valence-electron chi connectivity index (χ1n) is 9.54. The number of pyridine rings is 1. The van der Waals surface area contributed by atoms with E-state index in [9.17, 15) is 9.59 Å². The Kier molecular flexibility index (Phi) is 4.34. The molecule has 0 saturated carbocycles. The van der Waals surface area contributed by atoms with Gasteiger partial charge < -0.3 is 10.3 Å². The average Bonchev–Trinajstić information content (AvgIpc) is 2.95. The number of imide groups is 1. The van der Waals surface area contributed by atoms with Crippen molar-refractivity contribution in [3.63, 3.8) is 0 Å². The molecule has 27 heavy (non-hydrogen) atoms. The molecule has 0 spiro atoms. The van der Waals surface area contributed by atoms with E-state index >= 15 is 0 Å². The lowest BCUT2D eigenvalue weighted by Gasteiger charge is -2.23. The zero-order valence-electron chi connectivity index (χ0n) is 15.7. The zero-order valence-corrected chi connectivity index (χ0v) is 15.7. The molecule has 6 nitrogen and oxygen atoms in total. The van der Waals surface area contributed by atoms with Crippen LogP contribution < -0.4 is 11.1 Å².